The summed E-state index contributed by atoms with van der Waals surface area (Å²) in [5, 5.41) is 6.52. The maximum absolute atomic E-state index is 12.9. The van der Waals surface area contributed by atoms with E-state index >= 15 is 0 Å². The van der Waals surface area contributed by atoms with Crippen LogP contribution in [0.4, 0.5) is 13.2 Å². The van der Waals surface area contributed by atoms with Crippen LogP contribution < -0.4 is 0 Å². The first-order valence-electron chi connectivity index (χ1n) is 11.8. The Labute approximate surface area is 210 Å². The smallest absolute Gasteiger partial charge is 0.342 e. The van der Waals surface area contributed by atoms with Crippen LogP contribution in [0.5, 0.6) is 0 Å². The summed E-state index contributed by atoms with van der Waals surface area (Å²) in [5.74, 6) is -0.0235. The average Bonchev–Trinajstić information content (AvgIpc) is 3.41. The summed E-state index contributed by atoms with van der Waals surface area (Å²) < 4.78 is 51.9. The van der Waals surface area contributed by atoms with Crippen molar-refractivity contribution in [3.63, 3.8) is 0 Å². The van der Waals surface area contributed by atoms with E-state index in [1.165, 1.54) is 12.5 Å². The van der Waals surface area contributed by atoms with Gasteiger partial charge in [-0.1, -0.05) is 18.2 Å². The number of aryl methyl sites for hydroxylation is 2. The lowest BCUT2D eigenvalue weighted by Gasteiger charge is -2.31. The third-order valence-electron chi connectivity index (χ3n) is 6.81. The lowest BCUT2D eigenvalue weighted by Crippen LogP contribution is -2.40. The molecule has 2 aliphatic rings. The zero-order valence-electron chi connectivity index (χ0n) is 20.0. The molecule has 1 unspecified atom stereocenters. The topological polar surface area (TPSA) is 69.5 Å². The number of benzene rings is 1. The molecule has 0 radical (unpaired) electrons. The first-order chi connectivity index (χ1) is 17.2. The molecule has 1 atom stereocenters. The molecule has 2 aromatic heterocycles. The molecular weight excluding hydrogens is 493 g/mol. The van der Waals surface area contributed by atoms with Crippen LogP contribution in [0.2, 0.25) is 0 Å². The number of alkyl halides is 3. The Morgan fingerprint density at radius 2 is 1.92 bits per heavy atom. The summed E-state index contributed by atoms with van der Waals surface area (Å²) in [4.78, 5) is 19.2. The van der Waals surface area contributed by atoms with Gasteiger partial charge in [0.05, 0.1) is 18.2 Å². The summed E-state index contributed by atoms with van der Waals surface area (Å²) in [5.41, 5.74) is 3.56. The van der Waals surface area contributed by atoms with E-state index in [1.54, 1.807) is 16.2 Å². The van der Waals surface area contributed by atoms with Crippen LogP contribution >= 0.6 is 11.3 Å². The number of likely N-dealkylation sites (tertiary alicyclic amines) is 1. The highest BCUT2D eigenvalue weighted by Crippen LogP contribution is 2.35. The van der Waals surface area contributed by atoms with E-state index in [-0.39, 0.29) is 18.4 Å². The van der Waals surface area contributed by atoms with Crippen molar-refractivity contribution in [2.45, 2.75) is 64.8 Å². The van der Waals surface area contributed by atoms with Crippen molar-refractivity contribution in [1.82, 2.24) is 19.7 Å². The fourth-order valence-electron chi connectivity index (χ4n) is 4.66. The molecule has 36 heavy (non-hydrogen) atoms. The van der Waals surface area contributed by atoms with Gasteiger partial charge in [-0.15, -0.1) is 11.3 Å². The van der Waals surface area contributed by atoms with Crippen LogP contribution in [0, 0.1) is 13.8 Å². The average molecular weight is 521 g/mol. The molecule has 3 aromatic rings. The van der Waals surface area contributed by atoms with Gasteiger partial charge in [-0.3, -0.25) is 9.48 Å². The van der Waals surface area contributed by atoms with Crippen molar-refractivity contribution in [3.05, 3.63) is 68.4 Å². The fraction of sp³-hybridized carbons (Fsp3) is 0.480. The molecule has 192 valence electrons. The van der Waals surface area contributed by atoms with Gasteiger partial charge in [-0.25, -0.2) is 4.98 Å². The number of fused-ring (bicyclic) bond motifs is 1. The standard InChI is InChI=1S/C25H27F3N4O3S/c1-15-4-3-5-18-12-34-24(35-13-19(15)18)20-14-36-23(29-20)17-6-8-31(9-7-17)22(33)11-32-16(2)10-21(30-32)25(26,27)28/h3-5,10,14,17,24H,6-9,11-13H2,1-2H3. The van der Waals surface area contributed by atoms with Gasteiger partial charge in [0.25, 0.3) is 0 Å². The number of halogens is 3. The second-order valence-corrected chi connectivity index (χ2v) is 10.1. The zero-order valence-corrected chi connectivity index (χ0v) is 20.9. The quantitative estimate of drug-likeness (QED) is 0.477. The lowest BCUT2D eigenvalue weighted by molar-refractivity contribution is -0.155. The van der Waals surface area contributed by atoms with Gasteiger partial charge in [0.2, 0.25) is 12.2 Å². The number of carbonyl (C=O) groups is 1. The summed E-state index contributed by atoms with van der Waals surface area (Å²) in [6.07, 6.45) is -3.58. The predicted molar refractivity (Wildman–Crippen MR) is 126 cm³/mol. The Bertz CT molecular complexity index is 1250. The fourth-order valence-corrected chi connectivity index (χ4v) is 5.65. The lowest BCUT2D eigenvalue weighted by atomic mass is 9.97. The van der Waals surface area contributed by atoms with Crippen molar-refractivity contribution in [2.24, 2.45) is 0 Å². The van der Waals surface area contributed by atoms with Crippen LogP contribution in [0.3, 0.4) is 0 Å². The molecule has 0 spiro atoms. The first kappa shape index (κ1) is 24.9. The molecule has 0 bridgehead atoms. The highest BCUT2D eigenvalue weighted by molar-refractivity contribution is 7.09. The number of rotatable bonds is 4. The largest absolute Gasteiger partial charge is 0.435 e. The number of amides is 1. The summed E-state index contributed by atoms with van der Waals surface area (Å²) in [6, 6.07) is 7.10. The van der Waals surface area contributed by atoms with Gasteiger partial charge in [0, 0.05) is 30.1 Å². The van der Waals surface area contributed by atoms with E-state index in [4.69, 9.17) is 14.5 Å². The normalized spacial score (nSPS) is 19.2. The second-order valence-electron chi connectivity index (χ2n) is 9.26. The number of aromatic nitrogens is 3. The second kappa shape index (κ2) is 9.95. The Kier molecular flexibility index (Phi) is 6.88. The molecule has 7 nitrogen and oxygen atoms in total. The summed E-state index contributed by atoms with van der Waals surface area (Å²) in [6.45, 7) is 5.37. The Morgan fingerprint density at radius 3 is 2.64 bits per heavy atom. The Balaban J connectivity index is 1.16. The highest BCUT2D eigenvalue weighted by atomic mass is 32.1. The molecule has 11 heteroatoms. The number of carbonyl (C=O) groups excluding carboxylic acids is 1. The highest BCUT2D eigenvalue weighted by Gasteiger charge is 2.35. The SMILES string of the molecule is Cc1cccc2c1COC(c1csc(C3CCN(C(=O)Cn4nc(C(F)(F)F)cc4C)CC3)n1)OC2. The van der Waals surface area contributed by atoms with Crippen LogP contribution in [0.1, 0.15) is 63.8 Å². The third kappa shape index (κ3) is 5.18. The first-order valence-corrected chi connectivity index (χ1v) is 12.7. The molecule has 1 fully saturated rings. The monoisotopic (exact) mass is 520 g/mol. The Hall–Kier alpha value is -2.76. The zero-order chi connectivity index (χ0) is 25.4. The minimum atomic E-state index is -4.53. The van der Waals surface area contributed by atoms with E-state index in [0.717, 1.165) is 45.4 Å². The molecule has 0 N–H and O–H groups in total. The van der Waals surface area contributed by atoms with Crippen molar-refractivity contribution in [2.75, 3.05) is 13.1 Å². The van der Waals surface area contributed by atoms with Crippen LogP contribution in [-0.4, -0.2) is 38.7 Å². The van der Waals surface area contributed by atoms with E-state index < -0.39 is 18.2 Å². The van der Waals surface area contributed by atoms with Gasteiger partial charge in [0.1, 0.15) is 12.2 Å². The number of hydrogen-bond donors (Lipinski definition) is 0. The van der Waals surface area contributed by atoms with E-state index in [1.807, 2.05) is 11.4 Å². The Morgan fingerprint density at radius 1 is 1.17 bits per heavy atom. The summed E-state index contributed by atoms with van der Waals surface area (Å²) >= 11 is 1.57. The van der Waals surface area contributed by atoms with Gasteiger partial charge >= 0.3 is 6.18 Å². The third-order valence-corrected chi connectivity index (χ3v) is 7.84. The van der Waals surface area contributed by atoms with Gasteiger partial charge < -0.3 is 14.4 Å². The van der Waals surface area contributed by atoms with Crippen molar-refractivity contribution in [1.29, 1.82) is 0 Å². The molecule has 5 rings (SSSR count). The molecule has 1 amide bonds. The van der Waals surface area contributed by atoms with E-state index in [0.29, 0.717) is 32.0 Å². The van der Waals surface area contributed by atoms with Crippen molar-refractivity contribution in [3.8, 4) is 0 Å². The molecule has 0 saturated carbocycles. The van der Waals surface area contributed by atoms with Gasteiger partial charge in [0.15, 0.2) is 5.69 Å². The van der Waals surface area contributed by atoms with Crippen LogP contribution in [0.25, 0.3) is 0 Å². The minimum absolute atomic E-state index is 0.202. The number of hydrogen-bond acceptors (Lipinski definition) is 6. The van der Waals surface area contributed by atoms with Crippen LogP contribution in [-0.2, 0) is 40.2 Å². The van der Waals surface area contributed by atoms with E-state index in [2.05, 4.69) is 24.2 Å². The maximum Gasteiger partial charge on any atom is 0.435 e. The maximum atomic E-state index is 12.9. The summed E-state index contributed by atoms with van der Waals surface area (Å²) in [7, 11) is 0. The van der Waals surface area contributed by atoms with Crippen LogP contribution in [0.15, 0.2) is 29.6 Å². The molecule has 4 heterocycles. The van der Waals surface area contributed by atoms with Gasteiger partial charge in [-0.2, -0.15) is 18.3 Å². The molecule has 1 saturated heterocycles. The number of ether oxygens (including phenoxy) is 2. The number of nitrogens with zero attached hydrogens (tertiary/aromatic N) is 4. The van der Waals surface area contributed by atoms with Gasteiger partial charge in [-0.05, 0) is 49.4 Å². The number of thiazole rings is 1. The molecule has 1 aromatic carbocycles. The van der Waals surface area contributed by atoms with Crippen molar-refractivity contribution < 1.29 is 27.4 Å². The molecular formula is C25H27F3N4O3S. The molecule has 2 aliphatic heterocycles. The van der Waals surface area contributed by atoms with E-state index in [9.17, 15) is 18.0 Å². The predicted octanol–water partition coefficient (Wildman–Crippen LogP) is 5.13. The number of piperidine rings is 1. The van der Waals surface area contributed by atoms with Crippen molar-refractivity contribution >= 4 is 17.2 Å². The minimum Gasteiger partial charge on any atom is -0.342 e. The molecule has 0 aliphatic carbocycles.